The molecule has 10 heteroatoms. The topological polar surface area (TPSA) is 120 Å². The molecule has 3 unspecified atom stereocenters. The second kappa shape index (κ2) is 11.5. The van der Waals surface area contributed by atoms with Gasteiger partial charge in [-0.2, -0.15) is 0 Å². The number of rotatable bonds is 10. The van der Waals surface area contributed by atoms with E-state index in [0.29, 0.717) is 36.5 Å². The van der Waals surface area contributed by atoms with E-state index >= 15 is 0 Å². The summed E-state index contributed by atoms with van der Waals surface area (Å²) in [6, 6.07) is 13.1. The molecule has 0 aromatic heterocycles. The van der Waals surface area contributed by atoms with Gasteiger partial charge in [-0.1, -0.05) is 26.0 Å². The van der Waals surface area contributed by atoms with Crippen LogP contribution in [-0.2, 0) is 9.59 Å². The van der Waals surface area contributed by atoms with Gasteiger partial charge < -0.3 is 15.0 Å². The van der Waals surface area contributed by atoms with Crippen molar-refractivity contribution in [2.75, 3.05) is 25.0 Å². The molecule has 0 aliphatic carbocycles. The maximum absolute atomic E-state index is 13.0. The third-order valence-electron chi connectivity index (χ3n) is 6.41. The largest absolute Gasteiger partial charge is 0.484 e. The molecular weight excluding hydrogens is 474 g/mol. The number of hydrogen-bond acceptors (Lipinski definition) is 7. The lowest BCUT2D eigenvalue weighted by atomic mass is 10.1. The van der Waals surface area contributed by atoms with E-state index in [9.17, 15) is 19.2 Å². The van der Waals surface area contributed by atoms with Crippen molar-refractivity contribution in [3.05, 3.63) is 59.7 Å². The van der Waals surface area contributed by atoms with Gasteiger partial charge >= 0.3 is 6.03 Å². The fourth-order valence-corrected chi connectivity index (χ4v) is 4.59. The van der Waals surface area contributed by atoms with Gasteiger partial charge in [-0.15, -0.1) is 0 Å². The third kappa shape index (κ3) is 5.81. The Balaban J connectivity index is 1.35. The summed E-state index contributed by atoms with van der Waals surface area (Å²) in [6.07, 6.45) is 0.765. The molecule has 2 aromatic rings. The van der Waals surface area contributed by atoms with Crippen LogP contribution in [-0.4, -0.2) is 65.3 Å². The number of nitrogens with zero attached hydrogens (tertiary/aromatic N) is 2. The highest BCUT2D eigenvalue weighted by Crippen LogP contribution is 2.28. The Labute approximate surface area is 216 Å². The summed E-state index contributed by atoms with van der Waals surface area (Å²) < 4.78 is 5.61. The summed E-state index contributed by atoms with van der Waals surface area (Å²) in [7, 11) is 0. The standard InChI is InChI=1S/C27H33N5O5/c1-4-14-31-25-23(26(35)32(15-5-2)27(31)36)29-24(30-25)19-8-12-21(13-9-19)37-16-22(34)28-20-10-6-18(7-11-20)17(3)33/h6-13,23-25,29-30H,4-5,14-16H2,1-3H3,(H,28,34). The maximum atomic E-state index is 13.0. The minimum absolute atomic E-state index is 0.0386. The zero-order valence-corrected chi connectivity index (χ0v) is 21.3. The Morgan fingerprint density at radius 3 is 2.24 bits per heavy atom. The first-order valence-electron chi connectivity index (χ1n) is 12.6. The summed E-state index contributed by atoms with van der Waals surface area (Å²) >= 11 is 0. The minimum Gasteiger partial charge on any atom is -0.484 e. The summed E-state index contributed by atoms with van der Waals surface area (Å²) in [5.74, 6) is -0.0442. The molecule has 0 radical (unpaired) electrons. The van der Waals surface area contributed by atoms with Gasteiger partial charge in [-0.05, 0) is 61.7 Å². The Morgan fingerprint density at radius 1 is 0.946 bits per heavy atom. The quantitative estimate of drug-likeness (QED) is 0.423. The average Bonchev–Trinajstić information content (AvgIpc) is 3.34. The number of ether oxygens (including phenoxy) is 1. The molecule has 2 heterocycles. The van der Waals surface area contributed by atoms with Gasteiger partial charge in [0.05, 0.1) is 6.17 Å². The molecular formula is C27H33N5O5. The Morgan fingerprint density at radius 2 is 1.62 bits per heavy atom. The van der Waals surface area contributed by atoms with Crippen LogP contribution in [0.1, 0.15) is 55.7 Å². The molecule has 0 saturated carbocycles. The molecule has 2 fully saturated rings. The van der Waals surface area contributed by atoms with Crippen LogP contribution < -0.4 is 20.7 Å². The highest BCUT2D eigenvalue weighted by atomic mass is 16.5. The zero-order chi connectivity index (χ0) is 26.5. The molecule has 196 valence electrons. The normalized spacial score (nSPS) is 21.1. The molecule has 2 aromatic carbocycles. The molecule has 4 rings (SSSR count). The lowest BCUT2D eigenvalue weighted by Gasteiger charge is -2.41. The lowest BCUT2D eigenvalue weighted by Crippen LogP contribution is -2.67. The molecule has 2 aliphatic rings. The van der Waals surface area contributed by atoms with Crippen LogP contribution in [0.15, 0.2) is 48.5 Å². The van der Waals surface area contributed by atoms with E-state index < -0.39 is 12.2 Å². The second-order valence-corrected chi connectivity index (χ2v) is 9.19. The molecule has 2 saturated heterocycles. The zero-order valence-electron chi connectivity index (χ0n) is 21.3. The average molecular weight is 508 g/mol. The third-order valence-corrected chi connectivity index (χ3v) is 6.41. The number of urea groups is 1. The molecule has 3 N–H and O–H groups in total. The highest BCUT2D eigenvalue weighted by molar-refractivity contribution is 6.00. The number of amides is 4. The number of Topliss-reactive ketones (excluding diaryl/α,β-unsaturated/α-hetero) is 1. The predicted molar refractivity (Wildman–Crippen MR) is 138 cm³/mol. The summed E-state index contributed by atoms with van der Waals surface area (Å²) in [6.45, 7) is 6.22. The molecule has 2 aliphatic heterocycles. The van der Waals surface area contributed by atoms with Crippen molar-refractivity contribution >= 4 is 29.3 Å². The van der Waals surface area contributed by atoms with Gasteiger partial charge in [0.2, 0.25) is 0 Å². The van der Waals surface area contributed by atoms with E-state index in [-0.39, 0.29) is 36.4 Å². The van der Waals surface area contributed by atoms with Gasteiger partial charge in [-0.25, -0.2) is 4.79 Å². The van der Waals surface area contributed by atoms with Crippen molar-refractivity contribution in [2.24, 2.45) is 0 Å². The molecule has 4 amide bonds. The van der Waals surface area contributed by atoms with Crippen LogP contribution in [0.5, 0.6) is 5.75 Å². The van der Waals surface area contributed by atoms with Gasteiger partial charge in [0.15, 0.2) is 12.4 Å². The first-order valence-corrected chi connectivity index (χ1v) is 12.6. The van der Waals surface area contributed by atoms with Crippen LogP contribution >= 0.6 is 0 Å². The Bertz CT molecular complexity index is 1150. The first-order chi connectivity index (χ1) is 17.8. The number of ketones is 1. The second-order valence-electron chi connectivity index (χ2n) is 9.19. The van der Waals surface area contributed by atoms with E-state index in [1.807, 2.05) is 26.0 Å². The van der Waals surface area contributed by atoms with Crippen LogP contribution in [0.4, 0.5) is 10.5 Å². The number of imide groups is 1. The summed E-state index contributed by atoms with van der Waals surface area (Å²) in [5, 5.41) is 9.47. The first kappa shape index (κ1) is 26.3. The van der Waals surface area contributed by atoms with Crippen LogP contribution in [0.2, 0.25) is 0 Å². The smallest absolute Gasteiger partial charge is 0.328 e. The van der Waals surface area contributed by atoms with E-state index in [1.165, 1.54) is 11.8 Å². The fraction of sp³-hybridized carbons (Fsp3) is 0.407. The van der Waals surface area contributed by atoms with Gasteiger partial charge in [-0.3, -0.25) is 29.9 Å². The SMILES string of the molecule is CCCN1C(=O)C2NC(c3ccc(OCC(=O)Nc4ccc(C(C)=O)cc4)cc3)NC2N(CCC)C1=O. The van der Waals surface area contributed by atoms with E-state index in [2.05, 4.69) is 16.0 Å². The highest BCUT2D eigenvalue weighted by Gasteiger charge is 2.50. The number of fused-ring (bicyclic) bond motifs is 1. The molecule has 3 atom stereocenters. The van der Waals surface area contributed by atoms with E-state index in [0.717, 1.165) is 12.0 Å². The Kier molecular flexibility index (Phi) is 8.20. The molecule has 0 bridgehead atoms. The van der Waals surface area contributed by atoms with Crippen molar-refractivity contribution in [3.63, 3.8) is 0 Å². The minimum atomic E-state index is -0.523. The van der Waals surface area contributed by atoms with Gasteiger partial charge in [0, 0.05) is 24.3 Å². The maximum Gasteiger partial charge on any atom is 0.328 e. The van der Waals surface area contributed by atoms with E-state index in [4.69, 9.17) is 4.74 Å². The number of benzene rings is 2. The fourth-order valence-electron chi connectivity index (χ4n) is 4.59. The number of nitrogens with one attached hydrogen (secondary N) is 3. The number of hydrogen-bond donors (Lipinski definition) is 3. The lowest BCUT2D eigenvalue weighted by molar-refractivity contribution is -0.135. The monoisotopic (exact) mass is 507 g/mol. The summed E-state index contributed by atoms with van der Waals surface area (Å²) in [4.78, 5) is 52.6. The van der Waals surface area contributed by atoms with Crippen LogP contribution in [0.3, 0.4) is 0 Å². The number of anilines is 1. The van der Waals surface area contributed by atoms with Crippen molar-refractivity contribution in [2.45, 2.75) is 52.0 Å². The van der Waals surface area contributed by atoms with Crippen LogP contribution in [0, 0.1) is 0 Å². The molecule has 37 heavy (non-hydrogen) atoms. The Hall–Kier alpha value is -3.76. The predicted octanol–water partition coefficient (Wildman–Crippen LogP) is 2.88. The van der Waals surface area contributed by atoms with Crippen molar-refractivity contribution < 1.29 is 23.9 Å². The number of carbonyl (C=O) groups excluding carboxylic acids is 4. The molecule has 10 nitrogen and oxygen atoms in total. The van der Waals surface area contributed by atoms with Crippen molar-refractivity contribution in [3.8, 4) is 5.75 Å². The number of carbonyl (C=O) groups is 4. The van der Waals surface area contributed by atoms with Gasteiger partial charge in [0.25, 0.3) is 11.8 Å². The van der Waals surface area contributed by atoms with Crippen molar-refractivity contribution in [1.29, 1.82) is 0 Å². The molecule has 0 spiro atoms. The van der Waals surface area contributed by atoms with Gasteiger partial charge in [0.1, 0.15) is 18.0 Å². The van der Waals surface area contributed by atoms with E-state index in [1.54, 1.807) is 41.3 Å². The summed E-state index contributed by atoms with van der Waals surface area (Å²) in [5.41, 5.74) is 2.04. The van der Waals surface area contributed by atoms with Crippen LogP contribution in [0.25, 0.3) is 0 Å². The van der Waals surface area contributed by atoms with Crippen molar-refractivity contribution in [1.82, 2.24) is 20.4 Å².